The van der Waals surface area contributed by atoms with Gasteiger partial charge in [-0.25, -0.2) is 17.6 Å². The molecular weight excluding hydrogens is 530 g/mol. The zero-order chi connectivity index (χ0) is 27.0. The second-order valence-electron chi connectivity index (χ2n) is 8.76. The predicted molar refractivity (Wildman–Crippen MR) is 139 cm³/mol. The summed E-state index contributed by atoms with van der Waals surface area (Å²) in [7, 11) is -2.89. The Bertz CT molecular complexity index is 1160. The summed E-state index contributed by atoms with van der Waals surface area (Å²) in [5.41, 5.74) is -0.166. The molecule has 0 spiro atoms. The van der Waals surface area contributed by atoms with Crippen LogP contribution in [0, 0.1) is 11.7 Å². The van der Waals surface area contributed by atoms with Gasteiger partial charge in [-0.05, 0) is 68.1 Å². The first-order valence-corrected chi connectivity index (χ1v) is 13.7. The van der Waals surface area contributed by atoms with E-state index in [1.54, 1.807) is 20.8 Å². The van der Waals surface area contributed by atoms with Gasteiger partial charge in [0, 0.05) is 22.5 Å². The van der Waals surface area contributed by atoms with Gasteiger partial charge in [0.25, 0.3) is 10.0 Å². The Balaban J connectivity index is 2.16. The van der Waals surface area contributed by atoms with Gasteiger partial charge in [-0.3, -0.25) is 9.10 Å². The molecule has 2 atom stereocenters. The number of hydrogen-bond donors (Lipinski definition) is 1. The van der Waals surface area contributed by atoms with Crippen LogP contribution in [-0.2, 0) is 24.3 Å². The van der Waals surface area contributed by atoms with Crippen molar-refractivity contribution in [2.75, 3.05) is 11.4 Å². The van der Waals surface area contributed by atoms with Gasteiger partial charge >= 0.3 is 5.97 Å². The maximum Gasteiger partial charge on any atom is 0.328 e. The molecule has 0 saturated heterocycles. The Kier molecular flexibility index (Phi) is 11.0. The van der Waals surface area contributed by atoms with Gasteiger partial charge < -0.3 is 10.1 Å². The number of nitrogens with one attached hydrogen (secondary N) is 1. The fraction of sp³-hybridized carbons (Fsp3) is 0.440. The molecule has 36 heavy (non-hydrogen) atoms. The molecule has 0 heterocycles. The number of carbonyl (C=O) groups excluding carboxylic acids is 2. The van der Waals surface area contributed by atoms with E-state index in [0.29, 0.717) is 24.3 Å². The van der Waals surface area contributed by atoms with Gasteiger partial charge in [0.05, 0.1) is 17.7 Å². The van der Waals surface area contributed by atoms with Crippen molar-refractivity contribution >= 4 is 50.8 Å². The number of hydrogen-bond acceptors (Lipinski definition) is 5. The van der Waals surface area contributed by atoms with Crippen LogP contribution in [0.4, 0.5) is 10.1 Å². The lowest BCUT2D eigenvalue weighted by atomic mass is 10.0. The summed E-state index contributed by atoms with van der Waals surface area (Å²) < 4.78 is 47.6. The van der Waals surface area contributed by atoms with Crippen LogP contribution in [0.1, 0.15) is 46.5 Å². The van der Waals surface area contributed by atoms with Crippen molar-refractivity contribution in [3.05, 3.63) is 58.3 Å². The highest BCUT2D eigenvalue weighted by atomic mass is 35.5. The van der Waals surface area contributed by atoms with E-state index in [1.807, 2.05) is 0 Å². The van der Waals surface area contributed by atoms with Crippen molar-refractivity contribution in [1.29, 1.82) is 0 Å². The number of unbranched alkanes of at least 4 members (excludes halogenated alkanes) is 1. The van der Waals surface area contributed by atoms with E-state index >= 15 is 0 Å². The Hall–Kier alpha value is -2.36. The molecule has 0 saturated carbocycles. The molecule has 2 aromatic rings. The maximum absolute atomic E-state index is 14.8. The Labute approximate surface area is 222 Å². The number of halogens is 3. The summed E-state index contributed by atoms with van der Waals surface area (Å²) in [4.78, 5) is 24.1. The Morgan fingerprint density at radius 2 is 1.64 bits per heavy atom. The number of anilines is 1. The third-order valence-corrected chi connectivity index (χ3v) is 8.06. The van der Waals surface area contributed by atoms with Crippen molar-refractivity contribution in [2.45, 2.75) is 63.4 Å². The van der Waals surface area contributed by atoms with E-state index in [-0.39, 0.29) is 33.9 Å². The van der Waals surface area contributed by atoms with E-state index in [1.165, 1.54) is 43.5 Å². The lowest BCUT2D eigenvalue weighted by Crippen LogP contribution is -2.45. The molecule has 0 radical (unpaired) electrons. The van der Waals surface area contributed by atoms with Crippen molar-refractivity contribution in [3.8, 4) is 0 Å². The molecule has 0 fully saturated rings. The lowest BCUT2D eigenvalue weighted by Gasteiger charge is -2.31. The lowest BCUT2D eigenvalue weighted by molar-refractivity contribution is -0.146. The normalized spacial score (nSPS) is 13.2. The molecular formula is C25H31Cl2FN2O5S. The van der Waals surface area contributed by atoms with Crippen LogP contribution < -0.4 is 9.62 Å². The van der Waals surface area contributed by atoms with E-state index in [2.05, 4.69) is 5.32 Å². The minimum atomic E-state index is -4.16. The standard InChI is InChI=1S/C25H31Cl2FN2O5S/c1-16(2)24(25(32)35-4)29-23(31)8-6-5-7-17(3)30(22-15-19(27)11-14-21(22)28)36(33,34)20-12-9-18(26)10-13-20/h9-17,24H,5-8H2,1-4H3,(H,29,31)/t17?,24-/m0/s1. The van der Waals surface area contributed by atoms with Crippen molar-refractivity contribution in [2.24, 2.45) is 5.92 Å². The second-order valence-corrected chi connectivity index (χ2v) is 11.4. The van der Waals surface area contributed by atoms with Crippen LogP contribution in [0.5, 0.6) is 0 Å². The Morgan fingerprint density at radius 1 is 1.03 bits per heavy atom. The zero-order valence-corrected chi connectivity index (χ0v) is 23.0. The van der Waals surface area contributed by atoms with E-state index in [0.717, 1.165) is 10.4 Å². The first-order valence-electron chi connectivity index (χ1n) is 11.5. The summed E-state index contributed by atoms with van der Waals surface area (Å²) in [6.45, 7) is 5.27. The van der Waals surface area contributed by atoms with Crippen LogP contribution in [0.3, 0.4) is 0 Å². The van der Waals surface area contributed by atoms with Crippen LogP contribution in [0.15, 0.2) is 47.4 Å². The SMILES string of the molecule is COC(=O)[C@@H](NC(=O)CCCCC(C)N(c1cc(Cl)ccc1F)S(=O)(=O)c1ccc(Cl)cc1)C(C)C. The third-order valence-electron chi connectivity index (χ3n) is 5.63. The largest absolute Gasteiger partial charge is 0.467 e. The number of rotatable bonds is 12. The van der Waals surface area contributed by atoms with Crippen molar-refractivity contribution in [1.82, 2.24) is 5.32 Å². The van der Waals surface area contributed by atoms with Crippen LogP contribution in [-0.4, -0.2) is 39.5 Å². The molecule has 0 aliphatic carbocycles. The van der Waals surface area contributed by atoms with Crippen LogP contribution in [0.2, 0.25) is 10.0 Å². The molecule has 11 heteroatoms. The topological polar surface area (TPSA) is 92.8 Å². The second kappa shape index (κ2) is 13.3. The molecule has 1 unspecified atom stereocenters. The van der Waals surface area contributed by atoms with E-state index < -0.39 is 33.9 Å². The quantitative estimate of drug-likeness (QED) is 0.270. The van der Waals surface area contributed by atoms with Crippen LogP contribution >= 0.6 is 23.2 Å². The van der Waals surface area contributed by atoms with Gasteiger partial charge in [-0.2, -0.15) is 0 Å². The number of carbonyl (C=O) groups is 2. The first kappa shape index (κ1) is 29.9. The van der Waals surface area contributed by atoms with Gasteiger partial charge in [-0.1, -0.05) is 43.5 Å². The zero-order valence-electron chi connectivity index (χ0n) is 20.6. The highest BCUT2D eigenvalue weighted by molar-refractivity contribution is 7.92. The number of sulfonamides is 1. The average molecular weight is 562 g/mol. The number of ether oxygens (including phenoxy) is 1. The summed E-state index contributed by atoms with van der Waals surface area (Å²) in [6.07, 6.45) is 1.40. The minimum absolute atomic E-state index is 0.0416. The average Bonchev–Trinajstić information content (AvgIpc) is 2.82. The minimum Gasteiger partial charge on any atom is -0.467 e. The fourth-order valence-corrected chi connectivity index (χ4v) is 5.67. The van der Waals surface area contributed by atoms with Crippen molar-refractivity contribution in [3.63, 3.8) is 0 Å². The number of benzene rings is 2. The van der Waals surface area contributed by atoms with E-state index in [9.17, 15) is 22.4 Å². The molecule has 0 bridgehead atoms. The van der Waals surface area contributed by atoms with Gasteiger partial charge in [0.1, 0.15) is 11.9 Å². The molecule has 0 aromatic heterocycles. The summed E-state index contributed by atoms with van der Waals surface area (Å²) in [6, 6.07) is 7.94. The van der Waals surface area contributed by atoms with E-state index in [4.69, 9.17) is 27.9 Å². The molecule has 1 N–H and O–H groups in total. The Morgan fingerprint density at radius 3 is 2.22 bits per heavy atom. The first-order chi connectivity index (χ1) is 16.9. The van der Waals surface area contributed by atoms with Gasteiger partial charge in [-0.15, -0.1) is 0 Å². The summed E-state index contributed by atoms with van der Waals surface area (Å²) in [5.74, 6) is -1.69. The number of esters is 1. The monoisotopic (exact) mass is 560 g/mol. The van der Waals surface area contributed by atoms with Crippen molar-refractivity contribution < 1.29 is 27.1 Å². The van der Waals surface area contributed by atoms with Gasteiger partial charge in [0.2, 0.25) is 5.91 Å². The smallest absolute Gasteiger partial charge is 0.328 e. The number of methoxy groups -OCH3 is 1. The maximum atomic E-state index is 14.8. The molecule has 2 aromatic carbocycles. The molecule has 198 valence electrons. The number of nitrogens with zero attached hydrogens (tertiary/aromatic N) is 1. The molecule has 1 amide bonds. The third kappa shape index (κ3) is 7.82. The highest BCUT2D eigenvalue weighted by Gasteiger charge is 2.31. The fourth-order valence-electron chi connectivity index (χ4n) is 3.69. The molecule has 2 rings (SSSR count). The predicted octanol–water partition coefficient (Wildman–Crippen LogP) is 5.59. The highest BCUT2D eigenvalue weighted by Crippen LogP contribution is 2.32. The van der Waals surface area contributed by atoms with Crippen LogP contribution in [0.25, 0.3) is 0 Å². The molecule has 0 aliphatic rings. The summed E-state index contributed by atoms with van der Waals surface area (Å²) in [5, 5.41) is 3.23. The molecule has 0 aliphatic heterocycles. The van der Waals surface area contributed by atoms with Gasteiger partial charge in [0.15, 0.2) is 0 Å². The number of amides is 1. The summed E-state index contributed by atoms with van der Waals surface area (Å²) >= 11 is 12.0. The molecule has 7 nitrogen and oxygen atoms in total.